The quantitative estimate of drug-likeness (QED) is 0.709. The van der Waals surface area contributed by atoms with Crippen LogP contribution in [0.25, 0.3) is 0 Å². The molecule has 2 amide bonds. The second kappa shape index (κ2) is 5.01. The van der Waals surface area contributed by atoms with E-state index in [9.17, 15) is 9.59 Å². The predicted molar refractivity (Wildman–Crippen MR) is 60.0 cm³/mol. The maximum absolute atomic E-state index is 11.7. The molecule has 2 heterocycles. The van der Waals surface area contributed by atoms with Crippen molar-refractivity contribution in [3.8, 4) is 0 Å². The minimum absolute atomic E-state index is 0.301. The Balaban J connectivity index is 1.84. The second-order valence-electron chi connectivity index (χ2n) is 3.95. The largest absolute Gasteiger partial charge is 0.368 e. The molecule has 0 saturated carbocycles. The molecule has 1 fully saturated rings. The first-order valence-corrected chi connectivity index (χ1v) is 5.51. The summed E-state index contributed by atoms with van der Waals surface area (Å²) < 4.78 is 6.87. The number of hydrazine groups is 1. The molecule has 6 nitrogen and oxygen atoms in total. The Morgan fingerprint density at radius 2 is 2.29 bits per heavy atom. The van der Waals surface area contributed by atoms with E-state index in [0.717, 1.165) is 6.42 Å². The Morgan fingerprint density at radius 1 is 1.47 bits per heavy atom. The van der Waals surface area contributed by atoms with E-state index in [-0.39, 0.29) is 11.8 Å². The fourth-order valence-corrected chi connectivity index (χ4v) is 1.74. The molecule has 1 atom stereocenters. The summed E-state index contributed by atoms with van der Waals surface area (Å²) in [5.74, 6) is -0.645. The normalized spacial score (nSPS) is 19.0. The zero-order chi connectivity index (χ0) is 12.3. The Labute approximate surface area is 98.9 Å². The van der Waals surface area contributed by atoms with Crippen LogP contribution in [-0.2, 0) is 16.6 Å². The molecule has 2 rings (SSSR count). The molecule has 17 heavy (non-hydrogen) atoms. The van der Waals surface area contributed by atoms with Crippen LogP contribution in [0.2, 0.25) is 0 Å². The Kier molecular flexibility index (Phi) is 3.43. The molecule has 0 bridgehead atoms. The number of carbonyl (C=O) groups excluding carboxylic acids is 2. The van der Waals surface area contributed by atoms with Crippen LogP contribution in [0.4, 0.5) is 0 Å². The summed E-state index contributed by atoms with van der Waals surface area (Å²) in [5, 5.41) is 0. The number of carbonyl (C=O) groups is 2. The van der Waals surface area contributed by atoms with Crippen molar-refractivity contribution in [2.75, 3.05) is 6.61 Å². The minimum Gasteiger partial charge on any atom is -0.368 e. The van der Waals surface area contributed by atoms with E-state index in [2.05, 4.69) is 10.9 Å². The van der Waals surface area contributed by atoms with Crippen molar-refractivity contribution in [1.29, 1.82) is 0 Å². The third kappa shape index (κ3) is 2.65. The number of aromatic nitrogens is 1. The van der Waals surface area contributed by atoms with Crippen LogP contribution in [0.5, 0.6) is 0 Å². The van der Waals surface area contributed by atoms with Crippen molar-refractivity contribution in [3.63, 3.8) is 0 Å². The van der Waals surface area contributed by atoms with Crippen LogP contribution in [0.1, 0.15) is 23.3 Å². The molecule has 1 saturated heterocycles. The van der Waals surface area contributed by atoms with Gasteiger partial charge in [0.1, 0.15) is 11.8 Å². The van der Waals surface area contributed by atoms with Crippen LogP contribution >= 0.6 is 0 Å². The number of hydrogen-bond donors (Lipinski definition) is 2. The average Bonchev–Trinajstić information content (AvgIpc) is 2.95. The van der Waals surface area contributed by atoms with Crippen molar-refractivity contribution in [1.82, 2.24) is 15.4 Å². The molecule has 1 aliphatic heterocycles. The Bertz CT molecular complexity index is 421. The molecular formula is C11H15N3O3. The third-order valence-electron chi connectivity index (χ3n) is 2.70. The van der Waals surface area contributed by atoms with Gasteiger partial charge in [0, 0.05) is 19.9 Å². The van der Waals surface area contributed by atoms with Crippen LogP contribution in [0, 0.1) is 0 Å². The van der Waals surface area contributed by atoms with E-state index < -0.39 is 6.10 Å². The predicted octanol–water partition coefficient (Wildman–Crippen LogP) is -0.0349. The molecule has 1 aromatic rings. The van der Waals surface area contributed by atoms with Crippen molar-refractivity contribution in [3.05, 3.63) is 24.0 Å². The van der Waals surface area contributed by atoms with Gasteiger partial charge in [-0.3, -0.25) is 20.4 Å². The summed E-state index contributed by atoms with van der Waals surface area (Å²) in [4.78, 5) is 23.2. The highest BCUT2D eigenvalue weighted by Gasteiger charge is 2.23. The number of amides is 2. The summed E-state index contributed by atoms with van der Waals surface area (Å²) in [7, 11) is 1.76. The number of hydrogen-bond acceptors (Lipinski definition) is 3. The fraction of sp³-hybridized carbons (Fsp3) is 0.455. The highest BCUT2D eigenvalue weighted by Crippen LogP contribution is 2.11. The molecular weight excluding hydrogens is 222 g/mol. The summed E-state index contributed by atoms with van der Waals surface area (Å²) >= 11 is 0. The lowest BCUT2D eigenvalue weighted by molar-refractivity contribution is -0.130. The molecule has 0 aromatic carbocycles. The highest BCUT2D eigenvalue weighted by atomic mass is 16.5. The van der Waals surface area contributed by atoms with Crippen LogP contribution in [0.15, 0.2) is 18.3 Å². The molecule has 1 unspecified atom stereocenters. The molecule has 0 spiro atoms. The van der Waals surface area contributed by atoms with E-state index in [4.69, 9.17) is 4.74 Å². The van der Waals surface area contributed by atoms with Gasteiger partial charge in [-0.05, 0) is 25.0 Å². The number of nitrogens with one attached hydrogen (secondary N) is 2. The van der Waals surface area contributed by atoms with Gasteiger partial charge in [0.15, 0.2) is 0 Å². The fourth-order valence-electron chi connectivity index (χ4n) is 1.74. The number of aryl methyl sites for hydroxylation is 1. The maximum Gasteiger partial charge on any atom is 0.286 e. The van der Waals surface area contributed by atoms with Crippen molar-refractivity contribution in [2.24, 2.45) is 7.05 Å². The van der Waals surface area contributed by atoms with E-state index in [0.29, 0.717) is 18.7 Å². The van der Waals surface area contributed by atoms with E-state index >= 15 is 0 Å². The van der Waals surface area contributed by atoms with Gasteiger partial charge in [-0.25, -0.2) is 0 Å². The standard InChI is InChI=1S/C11H15N3O3/c1-14-6-2-4-8(14)10(15)12-13-11(16)9-5-3-7-17-9/h2,4,6,9H,3,5,7H2,1H3,(H,12,15)(H,13,16). The molecule has 1 aliphatic rings. The topological polar surface area (TPSA) is 72.4 Å². The summed E-state index contributed by atoms with van der Waals surface area (Å²) in [6.07, 6.45) is 2.90. The van der Waals surface area contributed by atoms with Crippen LogP contribution in [0.3, 0.4) is 0 Å². The Morgan fingerprint density at radius 3 is 2.88 bits per heavy atom. The van der Waals surface area contributed by atoms with Gasteiger partial charge in [-0.2, -0.15) is 0 Å². The van der Waals surface area contributed by atoms with E-state index in [1.165, 1.54) is 0 Å². The van der Waals surface area contributed by atoms with Gasteiger partial charge in [-0.1, -0.05) is 0 Å². The zero-order valence-electron chi connectivity index (χ0n) is 9.60. The number of nitrogens with zero attached hydrogens (tertiary/aromatic N) is 1. The van der Waals surface area contributed by atoms with Gasteiger partial charge < -0.3 is 9.30 Å². The molecule has 2 N–H and O–H groups in total. The first-order valence-electron chi connectivity index (χ1n) is 5.51. The lowest BCUT2D eigenvalue weighted by atomic mass is 10.2. The number of rotatable bonds is 2. The molecule has 92 valence electrons. The first kappa shape index (κ1) is 11.7. The summed E-state index contributed by atoms with van der Waals surface area (Å²) in [6, 6.07) is 3.43. The maximum atomic E-state index is 11.7. The lowest BCUT2D eigenvalue weighted by Gasteiger charge is -2.11. The van der Waals surface area contributed by atoms with Gasteiger partial charge in [0.05, 0.1) is 0 Å². The highest BCUT2D eigenvalue weighted by molar-refractivity contribution is 5.94. The van der Waals surface area contributed by atoms with Crippen LogP contribution < -0.4 is 10.9 Å². The molecule has 6 heteroatoms. The first-order chi connectivity index (χ1) is 8.18. The smallest absolute Gasteiger partial charge is 0.286 e. The molecule has 0 radical (unpaired) electrons. The molecule has 1 aromatic heterocycles. The van der Waals surface area contributed by atoms with Gasteiger partial charge in [0.25, 0.3) is 11.8 Å². The zero-order valence-corrected chi connectivity index (χ0v) is 9.60. The van der Waals surface area contributed by atoms with E-state index in [1.54, 1.807) is 29.9 Å². The van der Waals surface area contributed by atoms with Crippen molar-refractivity contribution >= 4 is 11.8 Å². The average molecular weight is 237 g/mol. The van der Waals surface area contributed by atoms with Crippen molar-refractivity contribution < 1.29 is 14.3 Å². The van der Waals surface area contributed by atoms with E-state index in [1.807, 2.05) is 0 Å². The third-order valence-corrected chi connectivity index (χ3v) is 2.70. The monoisotopic (exact) mass is 237 g/mol. The summed E-state index contributed by atoms with van der Waals surface area (Å²) in [6.45, 7) is 0.601. The lowest BCUT2D eigenvalue weighted by Crippen LogP contribution is -2.46. The number of ether oxygens (including phenoxy) is 1. The second-order valence-corrected chi connectivity index (χ2v) is 3.95. The molecule has 0 aliphatic carbocycles. The van der Waals surface area contributed by atoms with Gasteiger partial charge in [-0.15, -0.1) is 0 Å². The Hall–Kier alpha value is -1.82. The SMILES string of the molecule is Cn1cccc1C(=O)NNC(=O)C1CCCO1. The van der Waals surface area contributed by atoms with Crippen LogP contribution in [-0.4, -0.2) is 29.1 Å². The minimum atomic E-state index is -0.441. The van der Waals surface area contributed by atoms with Gasteiger partial charge >= 0.3 is 0 Å². The van der Waals surface area contributed by atoms with Gasteiger partial charge in [0.2, 0.25) is 0 Å². The summed E-state index contributed by atoms with van der Waals surface area (Å²) in [5.41, 5.74) is 5.21. The van der Waals surface area contributed by atoms with Crippen molar-refractivity contribution in [2.45, 2.75) is 18.9 Å².